The van der Waals surface area contributed by atoms with Gasteiger partial charge in [-0.15, -0.1) is 0 Å². The Morgan fingerprint density at radius 3 is 2.62 bits per heavy atom. The second-order valence-corrected chi connectivity index (χ2v) is 7.58. The predicted octanol–water partition coefficient (Wildman–Crippen LogP) is 3.66. The summed E-state index contributed by atoms with van der Waals surface area (Å²) in [6.45, 7) is 12.7. The second kappa shape index (κ2) is 5.73. The summed E-state index contributed by atoms with van der Waals surface area (Å²) >= 11 is 0. The topological polar surface area (TPSA) is 15.3 Å². The van der Waals surface area contributed by atoms with Gasteiger partial charge in [-0.25, -0.2) is 0 Å². The van der Waals surface area contributed by atoms with E-state index in [1.807, 2.05) is 0 Å². The number of hydrogen-bond donors (Lipinski definition) is 1. The van der Waals surface area contributed by atoms with Gasteiger partial charge in [-0.3, -0.25) is 4.90 Å². The van der Waals surface area contributed by atoms with Crippen LogP contribution >= 0.6 is 0 Å². The summed E-state index contributed by atoms with van der Waals surface area (Å²) < 4.78 is 0. The van der Waals surface area contributed by atoms with Crippen LogP contribution in [-0.4, -0.2) is 29.6 Å². The molecule has 21 heavy (non-hydrogen) atoms. The lowest BCUT2D eigenvalue weighted by molar-refractivity contribution is 0.155. The molecule has 1 saturated carbocycles. The summed E-state index contributed by atoms with van der Waals surface area (Å²) in [5, 5.41) is 3.84. The van der Waals surface area contributed by atoms with Crippen molar-refractivity contribution in [1.82, 2.24) is 10.2 Å². The zero-order chi connectivity index (χ0) is 15.0. The molecule has 2 fully saturated rings. The van der Waals surface area contributed by atoms with E-state index in [0.29, 0.717) is 11.6 Å². The molecule has 2 unspecified atom stereocenters. The highest BCUT2D eigenvalue weighted by molar-refractivity contribution is 5.30. The van der Waals surface area contributed by atoms with Gasteiger partial charge in [-0.1, -0.05) is 18.2 Å². The van der Waals surface area contributed by atoms with Crippen LogP contribution in [0.4, 0.5) is 0 Å². The van der Waals surface area contributed by atoms with Crippen molar-refractivity contribution in [2.45, 2.75) is 65.1 Å². The Bertz CT molecular complexity index is 506. The summed E-state index contributed by atoms with van der Waals surface area (Å²) in [6.07, 6.45) is 4.08. The summed E-state index contributed by atoms with van der Waals surface area (Å²) in [5.41, 5.74) is 4.60. The average Bonchev–Trinajstić information content (AvgIpc) is 3.26. The van der Waals surface area contributed by atoms with Crippen LogP contribution in [0.2, 0.25) is 0 Å². The van der Waals surface area contributed by atoms with Crippen molar-refractivity contribution in [3.05, 3.63) is 34.9 Å². The van der Waals surface area contributed by atoms with E-state index in [-0.39, 0.29) is 0 Å². The lowest BCUT2D eigenvalue weighted by Gasteiger charge is -2.36. The molecule has 2 nitrogen and oxygen atoms in total. The number of rotatable bonds is 3. The predicted molar refractivity (Wildman–Crippen MR) is 89.5 cm³/mol. The van der Waals surface area contributed by atoms with Gasteiger partial charge in [0, 0.05) is 24.7 Å². The Balaban J connectivity index is 1.76. The van der Waals surface area contributed by atoms with Gasteiger partial charge < -0.3 is 5.32 Å². The molecule has 1 aliphatic carbocycles. The third-order valence-corrected chi connectivity index (χ3v) is 5.68. The van der Waals surface area contributed by atoms with E-state index in [1.54, 1.807) is 0 Å². The molecule has 1 N–H and O–H groups in total. The minimum atomic E-state index is 0.324. The molecule has 3 rings (SSSR count). The van der Waals surface area contributed by atoms with Crippen LogP contribution < -0.4 is 5.32 Å². The molecule has 1 aromatic carbocycles. The van der Waals surface area contributed by atoms with E-state index in [2.05, 4.69) is 56.1 Å². The van der Waals surface area contributed by atoms with Crippen molar-refractivity contribution in [2.75, 3.05) is 13.1 Å². The molecule has 0 bridgehead atoms. The van der Waals surface area contributed by atoms with Crippen molar-refractivity contribution >= 4 is 0 Å². The van der Waals surface area contributed by atoms with Crippen LogP contribution in [0.25, 0.3) is 0 Å². The fourth-order valence-electron chi connectivity index (χ4n) is 3.72. The molecule has 1 aromatic rings. The van der Waals surface area contributed by atoms with Crippen LogP contribution in [0.15, 0.2) is 18.2 Å². The first kappa shape index (κ1) is 15.1. The second-order valence-electron chi connectivity index (χ2n) is 7.58. The van der Waals surface area contributed by atoms with Crippen molar-refractivity contribution in [2.24, 2.45) is 5.92 Å². The van der Waals surface area contributed by atoms with Crippen molar-refractivity contribution < 1.29 is 0 Å². The fraction of sp³-hybridized carbons (Fsp3) is 0.684. The molecule has 0 amide bonds. The first-order valence-corrected chi connectivity index (χ1v) is 8.53. The minimum Gasteiger partial charge on any atom is -0.310 e. The molecule has 116 valence electrons. The highest BCUT2D eigenvalue weighted by atomic mass is 15.2. The van der Waals surface area contributed by atoms with Crippen LogP contribution in [0.5, 0.6) is 0 Å². The summed E-state index contributed by atoms with van der Waals surface area (Å²) in [4.78, 5) is 2.70. The summed E-state index contributed by atoms with van der Waals surface area (Å²) in [5.74, 6) is 0.894. The summed E-state index contributed by atoms with van der Waals surface area (Å²) in [7, 11) is 0. The van der Waals surface area contributed by atoms with E-state index in [1.165, 1.54) is 42.5 Å². The first-order valence-electron chi connectivity index (χ1n) is 8.53. The molecule has 2 aliphatic rings. The maximum Gasteiger partial charge on any atom is 0.0308 e. The lowest BCUT2D eigenvalue weighted by Crippen LogP contribution is -2.51. The largest absolute Gasteiger partial charge is 0.310 e. The van der Waals surface area contributed by atoms with Crippen molar-refractivity contribution in [1.29, 1.82) is 0 Å². The van der Waals surface area contributed by atoms with E-state index < -0.39 is 0 Å². The number of hydrogen-bond acceptors (Lipinski definition) is 2. The summed E-state index contributed by atoms with van der Waals surface area (Å²) in [6, 6.07) is 7.61. The molecule has 1 heterocycles. The van der Waals surface area contributed by atoms with Crippen LogP contribution in [-0.2, 0) is 6.54 Å². The van der Waals surface area contributed by atoms with E-state index in [4.69, 9.17) is 0 Å². The van der Waals surface area contributed by atoms with E-state index in [0.717, 1.165) is 19.0 Å². The average molecular weight is 286 g/mol. The molecular weight excluding hydrogens is 256 g/mol. The van der Waals surface area contributed by atoms with Gasteiger partial charge in [0.1, 0.15) is 0 Å². The third kappa shape index (κ3) is 3.32. The number of nitrogens with one attached hydrogen (secondary N) is 1. The lowest BCUT2D eigenvalue weighted by atomic mass is 9.95. The van der Waals surface area contributed by atoms with E-state index in [9.17, 15) is 0 Å². The molecule has 0 radical (unpaired) electrons. The van der Waals surface area contributed by atoms with Gasteiger partial charge in [0.15, 0.2) is 0 Å². The highest BCUT2D eigenvalue weighted by Gasteiger charge is 2.43. The standard InChI is InChI=1S/C19H30N2/c1-14-5-6-17(11-15(14)2)12-21-13-19(4,18-7-8-18)20-10-9-16(21)3/h5-6,11,16,18,20H,7-10,12-13H2,1-4H3. The Morgan fingerprint density at radius 2 is 1.95 bits per heavy atom. The Hall–Kier alpha value is -0.860. The third-order valence-electron chi connectivity index (χ3n) is 5.68. The fourth-order valence-corrected chi connectivity index (χ4v) is 3.72. The van der Waals surface area contributed by atoms with Gasteiger partial charge in [0.25, 0.3) is 0 Å². The minimum absolute atomic E-state index is 0.324. The zero-order valence-electron chi connectivity index (χ0n) is 14.1. The molecule has 1 aliphatic heterocycles. The Labute approximate surface area is 129 Å². The molecular formula is C19H30N2. The van der Waals surface area contributed by atoms with Gasteiger partial charge in [0.05, 0.1) is 0 Å². The van der Waals surface area contributed by atoms with Gasteiger partial charge in [-0.2, -0.15) is 0 Å². The quantitative estimate of drug-likeness (QED) is 0.912. The van der Waals surface area contributed by atoms with Crippen LogP contribution in [0.3, 0.4) is 0 Å². The Kier molecular flexibility index (Phi) is 4.11. The van der Waals surface area contributed by atoms with E-state index >= 15 is 0 Å². The maximum atomic E-state index is 3.84. The molecule has 0 spiro atoms. The number of aryl methyl sites for hydroxylation is 2. The van der Waals surface area contributed by atoms with Crippen LogP contribution in [0.1, 0.15) is 49.8 Å². The normalized spacial score (nSPS) is 31.1. The number of nitrogens with zero attached hydrogens (tertiary/aromatic N) is 1. The van der Waals surface area contributed by atoms with Gasteiger partial charge in [-0.05, 0) is 76.1 Å². The number of benzene rings is 1. The van der Waals surface area contributed by atoms with Crippen LogP contribution in [0, 0.1) is 19.8 Å². The Morgan fingerprint density at radius 1 is 1.19 bits per heavy atom. The SMILES string of the molecule is Cc1ccc(CN2CC(C)(C3CC3)NCCC2C)cc1C. The highest BCUT2D eigenvalue weighted by Crippen LogP contribution is 2.41. The maximum absolute atomic E-state index is 3.84. The van der Waals surface area contributed by atoms with Gasteiger partial charge >= 0.3 is 0 Å². The van der Waals surface area contributed by atoms with Crippen molar-refractivity contribution in [3.8, 4) is 0 Å². The zero-order valence-corrected chi connectivity index (χ0v) is 14.1. The van der Waals surface area contributed by atoms with Crippen molar-refractivity contribution in [3.63, 3.8) is 0 Å². The molecule has 2 atom stereocenters. The first-order chi connectivity index (χ1) is 9.98. The molecule has 0 aromatic heterocycles. The monoisotopic (exact) mass is 286 g/mol. The smallest absolute Gasteiger partial charge is 0.0308 e. The van der Waals surface area contributed by atoms with Gasteiger partial charge in [0.2, 0.25) is 0 Å². The molecule has 2 heteroatoms. The molecule has 1 saturated heterocycles.